The summed E-state index contributed by atoms with van der Waals surface area (Å²) in [5.74, 6) is 0.0959. The average Bonchev–Trinajstić information content (AvgIpc) is 3.24. The number of pyridine rings is 1. The summed E-state index contributed by atoms with van der Waals surface area (Å²) in [5, 5.41) is 7.88. The Labute approximate surface area is 162 Å². The van der Waals surface area contributed by atoms with Crippen molar-refractivity contribution in [3.05, 3.63) is 64.5 Å². The van der Waals surface area contributed by atoms with Crippen LogP contribution in [-0.4, -0.2) is 40.8 Å². The van der Waals surface area contributed by atoms with Gasteiger partial charge < -0.3 is 10.2 Å². The van der Waals surface area contributed by atoms with Crippen LogP contribution in [0, 0.1) is 0 Å². The SMILES string of the molecule is O=C(NC1CCN(C(=O)Cc2cccc3cccnc23)CC1)c1ccsc1. The number of rotatable bonds is 4. The maximum Gasteiger partial charge on any atom is 0.252 e. The summed E-state index contributed by atoms with van der Waals surface area (Å²) in [5.41, 5.74) is 2.57. The fourth-order valence-corrected chi connectivity index (χ4v) is 4.16. The Balaban J connectivity index is 1.34. The highest BCUT2D eigenvalue weighted by Crippen LogP contribution is 2.19. The van der Waals surface area contributed by atoms with E-state index in [2.05, 4.69) is 10.3 Å². The van der Waals surface area contributed by atoms with E-state index in [1.54, 1.807) is 6.20 Å². The lowest BCUT2D eigenvalue weighted by Gasteiger charge is -2.32. The monoisotopic (exact) mass is 379 g/mol. The van der Waals surface area contributed by atoms with E-state index in [4.69, 9.17) is 0 Å². The molecule has 0 bridgehead atoms. The molecule has 6 heteroatoms. The molecule has 1 aliphatic rings. The van der Waals surface area contributed by atoms with Crippen molar-refractivity contribution >= 4 is 34.1 Å². The molecule has 1 N–H and O–H groups in total. The highest BCUT2D eigenvalue weighted by atomic mass is 32.1. The van der Waals surface area contributed by atoms with Gasteiger partial charge in [0.1, 0.15) is 0 Å². The summed E-state index contributed by atoms with van der Waals surface area (Å²) < 4.78 is 0. The van der Waals surface area contributed by atoms with E-state index in [1.165, 1.54) is 11.3 Å². The van der Waals surface area contributed by atoms with Crippen molar-refractivity contribution in [2.45, 2.75) is 25.3 Å². The minimum absolute atomic E-state index is 0.0251. The molecule has 1 saturated heterocycles. The predicted molar refractivity (Wildman–Crippen MR) is 107 cm³/mol. The first kappa shape index (κ1) is 17.7. The van der Waals surface area contributed by atoms with Crippen LogP contribution in [0.1, 0.15) is 28.8 Å². The first-order chi connectivity index (χ1) is 13.2. The number of nitrogens with zero attached hydrogens (tertiary/aromatic N) is 2. The number of carbonyl (C=O) groups is 2. The van der Waals surface area contributed by atoms with Gasteiger partial charge in [-0.1, -0.05) is 24.3 Å². The number of hydrogen-bond donors (Lipinski definition) is 1. The third kappa shape index (κ3) is 4.01. The summed E-state index contributed by atoms with van der Waals surface area (Å²) >= 11 is 1.52. The lowest BCUT2D eigenvalue weighted by Crippen LogP contribution is -2.46. The molecular weight excluding hydrogens is 358 g/mol. The molecular formula is C21H21N3O2S. The van der Waals surface area contributed by atoms with E-state index in [0.29, 0.717) is 25.1 Å². The molecule has 0 unspecified atom stereocenters. The second kappa shape index (κ2) is 7.88. The maximum absolute atomic E-state index is 12.7. The molecule has 1 fully saturated rings. The second-order valence-corrected chi connectivity index (χ2v) is 7.59. The van der Waals surface area contributed by atoms with E-state index in [9.17, 15) is 9.59 Å². The molecule has 2 amide bonds. The first-order valence-electron chi connectivity index (χ1n) is 9.14. The zero-order valence-corrected chi connectivity index (χ0v) is 15.7. The van der Waals surface area contributed by atoms with Crippen molar-refractivity contribution in [1.82, 2.24) is 15.2 Å². The molecule has 3 heterocycles. The number of likely N-dealkylation sites (tertiary alicyclic amines) is 1. The van der Waals surface area contributed by atoms with E-state index in [-0.39, 0.29) is 17.9 Å². The van der Waals surface area contributed by atoms with E-state index in [1.807, 2.05) is 52.1 Å². The molecule has 0 saturated carbocycles. The van der Waals surface area contributed by atoms with Crippen LogP contribution < -0.4 is 5.32 Å². The largest absolute Gasteiger partial charge is 0.349 e. The summed E-state index contributed by atoms with van der Waals surface area (Å²) in [7, 11) is 0. The van der Waals surface area contributed by atoms with Gasteiger partial charge in [-0.2, -0.15) is 11.3 Å². The van der Waals surface area contributed by atoms with Crippen LogP contribution in [0.15, 0.2) is 53.4 Å². The Kier molecular flexibility index (Phi) is 5.16. The predicted octanol–water partition coefficient (Wildman–Crippen LogP) is 3.26. The second-order valence-electron chi connectivity index (χ2n) is 6.81. The van der Waals surface area contributed by atoms with Gasteiger partial charge in [0.25, 0.3) is 5.91 Å². The lowest BCUT2D eigenvalue weighted by molar-refractivity contribution is -0.131. The fourth-order valence-electron chi connectivity index (χ4n) is 3.52. The minimum Gasteiger partial charge on any atom is -0.349 e. The van der Waals surface area contributed by atoms with Crippen molar-refractivity contribution in [2.75, 3.05) is 13.1 Å². The van der Waals surface area contributed by atoms with Crippen molar-refractivity contribution in [3.8, 4) is 0 Å². The van der Waals surface area contributed by atoms with E-state index in [0.717, 1.165) is 29.3 Å². The number of fused-ring (bicyclic) bond motifs is 1. The number of thiophene rings is 1. The van der Waals surface area contributed by atoms with Gasteiger partial charge in [-0.05, 0) is 35.9 Å². The van der Waals surface area contributed by atoms with Crippen LogP contribution in [0.25, 0.3) is 10.9 Å². The topological polar surface area (TPSA) is 62.3 Å². The van der Waals surface area contributed by atoms with Crippen LogP contribution >= 0.6 is 11.3 Å². The summed E-state index contributed by atoms with van der Waals surface area (Å²) in [4.78, 5) is 31.2. The molecule has 1 aromatic carbocycles. The Bertz CT molecular complexity index is 942. The Morgan fingerprint density at radius 3 is 2.74 bits per heavy atom. The van der Waals surface area contributed by atoms with Gasteiger partial charge in [-0.25, -0.2) is 0 Å². The van der Waals surface area contributed by atoms with Gasteiger partial charge in [0.05, 0.1) is 11.9 Å². The van der Waals surface area contributed by atoms with Gasteiger partial charge in [0, 0.05) is 41.7 Å². The Morgan fingerprint density at radius 1 is 1.15 bits per heavy atom. The molecule has 4 rings (SSSR count). The molecule has 0 aliphatic carbocycles. The highest BCUT2D eigenvalue weighted by Gasteiger charge is 2.24. The van der Waals surface area contributed by atoms with Crippen LogP contribution in [0.2, 0.25) is 0 Å². The summed E-state index contributed by atoms with van der Waals surface area (Å²) in [6.45, 7) is 1.34. The quantitative estimate of drug-likeness (QED) is 0.757. The summed E-state index contributed by atoms with van der Waals surface area (Å²) in [6, 6.07) is 11.8. The zero-order valence-electron chi connectivity index (χ0n) is 14.9. The molecule has 0 radical (unpaired) electrons. The zero-order chi connectivity index (χ0) is 18.6. The number of piperidine rings is 1. The van der Waals surface area contributed by atoms with E-state index < -0.39 is 0 Å². The number of amides is 2. The number of nitrogens with one attached hydrogen (secondary N) is 1. The molecule has 27 heavy (non-hydrogen) atoms. The third-order valence-corrected chi connectivity index (χ3v) is 5.71. The van der Waals surface area contributed by atoms with Gasteiger partial charge in [0.15, 0.2) is 0 Å². The van der Waals surface area contributed by atoms with Gasteiger partial charge in [-0.3, -0.25) is 14.6 Å². The standard InChI is InChI=1S/C21H21N3O2S/c25-19(13-16-4-1-3-15-5-2-9-22-20(15)16)24-10-6-18(7-11-24)23-21(26)17-8-12-27-14-17/h1-5,8-9,12,14,18H,6-7,10-11,13H2,(H,23,26). The molecule has 138 valence electrons. The number of carbonyl (C=O) groups excluding carboxylic acids is 2. The van der Waals surface area contributed by atoms with Gasteiger partial charge >= 0.3 is 0 Å². The number of hydrogen-bond acceptors (Lipinski definition) is 4. The van der Waals surface area contributed by atoms with Crippen molar-refractivity contribution in [2.24, 2.45) is 0 Å². The average molecular weight is 379 g/mol. The highest BCUT2D eigenvalue weighted by molar-refractivity contribution is 7.08. The van der Waals surface area contributed by atoms with Crippen molar-refractivity contribution < 1.29 is 9.59 Å². The van der Waals surface area contributed by atoms with E-state index >= 15 is 0 Å². The number of aromatic nitrogens is 1. The molecule has 0 atom stereocenters. The van der Waals surface area contributed by atoms with Crippen LogP contribution in [0.4, 0.5) is 0 Å². The first-order valence-corrected chi connectivity index (χ1v) is 10.1. The molecule has 5 nitrogen and oxygen atoms in total. The van der Waals surface area contributed by atoms with Crippen molar-refractivity contribution in [3.63, 3.8) is 0 Å². The number of benzene rings is 1. The van der Waals surface area contributed by atoms with Crippen LogP contribution in [0.5, 0.6) is 0 Å². The third-order valence-electron chi connectivity index (χ3n) is 5.02. The molecule has 1 aliphatic heterocycles. The number of para-hydroxylation sites is 1. The summed E-state index contributed by atoms with van der Waals surface area (Å²) in [6.07, 6.45) is 3.70. The maximum atomic E-state index is 12.7. The normalized spacial score (nSPS) is 15.0. The molecule has 0 spiro atoms. The van der Waals surface area contributed by atoms with Crippen LogP contribution in [0.3, 0.4) is 0 Å². The van der Waals surface area contributed by atoms with Gasteiger partial charge in [0.2, 0.25) is 5.91 Å². The minimum atomic E-state index is -0.0251. The smallest absolute Gasteiger partial charge is 0.252 e. The molecule has 2 aromatic heterocycles. The van der Waals surface area contributed by atoms with Gasteiger partial charge in [-0.15, -0.1) is 0 Å². The lowest BCUT2D eigenvalue weighted by atomic mass is 10.0. The van der Waals surface area contributed by atoms with Crippen molar-refractivity contribution in [1.29, 1.82) is 0 Å². The Hall–Kier alpha value is -2.73. The van der Waals surface area contributed by atoms with Crippen LogP contribution in [-0.2, 0) is 11.2 Å². The fraction of sp³-hybridized carbons (Fsp3) is 0.286. The Morgan fingerprint density at radius 2 is 1.96 bits per heavy atom. The molecule has 3 aromatic rings.